The van der Waals surface area contributed by atoms with E-state index < -0.39 is 0 Å². The van der Waals surface area contributed by atoms with E-state index in [1.807, 2.05) is 26.0 Å². The number of nitrogens with zero attached hydrogens (tertiary/aromatic N) is 1. The summed E-state index contributed by atoms with van der Waals surface area (Å²) in [5, 5.41) is 0.578. The van der Waals surface area contributed by atoms with Crippen LogP contribution in [0.3, 0.4) is 0 Å². The van der Waals surface area contributed by atoms with Crippen molar-refractivity contribution in [1.29, 1.82) is 0 Å². The standard InChI is InChI=1S/C14H18N2O2/c1-8(2)10-5-6-12-11(7-10)13(17)16(9(3)4)14(18)15-12/h5-9H,1-4H3,(H,15,18). The predicted octanol–water partition coefficient (Wildman–Crippen LogP) is 2.39. The number of nitrogens with one attached hydrogen (secondary N) is 1. The SMILES string of the molecule is CC(C)c1ccc2[nH]c(=O)n(C(C)C)c(=O)c2c1. The van der Waals surface area contributed by atoms with Gasteiger partial charge in [-0.1, -0.05) is 19.9 Å². The minimum atomic E-state index is -0.347. The third kappa shape index (κ3) is 1.98. The number of aromatic amines is 1. The Kier molecular flexibility index (Phi) is 3.11. The van der Waals surface area contributed by atoms with Gasteiger partial charge in [-0.15, -0.1) is 0 Å². The van der Waals surface area contributed by atoms with E-state index in [2.05, 4.69) is 18.8 Å². The van der Waals surface area contributed by atoms with Gasteiger partial charge in [0.2, 0.25) is 0 Å². The summed E-state index contributed by atoms with van der Waals surface area (Å²) in [6, 6.07) is 5.48. The molecule has 0 saturated carbocycles. The summed E-state index contributed by atoms with van der Waals surface area (Å²) < 4.78 is 1.26. The van der Waals surface area contributed by atoms with E-state index in [1.165, 1.54) is 4.57 Å². The van der Waals surface area contributed by atoms with Crippen molar-refractivity contribution in [3.8, 4) is 0 Å². The number of hydrogen-bond acceptors (Lipinski definition) is 2. The summed E-state index contributed by atoms with van der Waals surface area (Å²) >= 11 is 0. The summed E-state index contributed by atoms with van der Waals surface area (Å²) in [4.78, 5) is 26.9. The smallest absolute Gasteiger partial charge is 0.307 e. The van der Waals surface area contributed by atoms with Gasteiger partial charge in [0.15, 0.2) is 0 Å². The Bertz CT molecular complexity index is 693. The third-order valence-corrected chi connectivity index (χ3v) is 3.14. The zero-order chi connectivity index (χ0) is 13.4. The minimum absolute atomic E-state index is 0.145. The number of H-pyrrole nitrogens is 1. The van der Waals surface area contributed by atoms with E-state index in [-0.39, 0.29) is 17.3 Å². The zero-order valence-electron chi connectivity index (χ0n) is 11.2. The van der Waals surface area contributed by atoms with Crippen molar-refractivity contribution in [3.05, 3.63) is 44.6 Å². The fraction of sp³-hybridized carbons (Fsp3) is 0.429. The molecule has 0 atom stereocenters. The summed E-state index contributed by atoms with van der Waals surface area (Å²) in [5.74, 6) is 0.355. The molecule has 4 heteroatoms. The van der Waals surface area contributed by atoms with Gasteiger partial charge in [-0.25, -0.2) is 4.79 Å². The van der Waals surface area contributed by atoms with Crippen LogP contribution in [-0.4, -0.2) is 9.55 Å². The molecule has 0 fully saturated rings. The van der Waals surface area contributed by atoms with Crippen molar-refractivity contribution in [1.82, 2.24) is 9.55 Å². The van der Waals surface area contributed by atoms with Gasteiger partial charge in [-0.2, -0.15) is 0 Å². The predicted molar refractivity (Wildman–Crippen MR) is 73.3 cm³/mol. The van der Waals surface area contributed by atoms with Crippen molar-refractivity contribution in [3.63, 3.8) is 0 Å². The maximum absolute atomic E-state index is 12.3. The fourth-order valence-corrected chi connectivity index (χ4v) is 2.07. The van der Waals surface area contributed by atoms with Crippen LogP contribution in [0.5, 0.6) is 0 Å². The van der Waals surface area contributed by atoms with Crippen LogP contribution >= 0.6 is 0 Å². The largest absolute Gasteiger partial charge is 0.329 e. The molecule has 0 aliphatic rings. The number of benzene rings is 1. The fourth-order valence-electron chi connectivity index (χ4n) is 2.07. The number of rotatable bonds is 2. The van der Waals surface area contributed by atoms with E-state index in [0.717, 1.165) is 5.56 Å². The second kappa shape index (κ2) is 4.44. The van der Waals surface area contributed by atoms with Crippen LogP contribution in [0, 0.1) is 0 Å². The van der Waals surface area contributed by atoms with Gasteiger partial charge in [-0.3, -0.25) is 9.36 Å². The number of aromatic nitrogens is 2. The summed E-state index contributed by atoms with van der Waals surface area (Å²) in [6.07, 6.45) is 0. The molecule has 96 valence electrons. The molecule has 2 aromatic rings. The van der Waals surface area contributed by atoms with Crippen LogP contribution in [-0.2, 0) is 0 Å². The van der Waals surface area contributed by atoms with Crippen LogP contribution in [0.2, 0.25) is 0 Å². The molecule has 0 radical (unpaired) electrons. The highest BCUT2D eigenvalue weighted by Gasteiger charge is 2.11. The van der Waals surface area contributed by atoms with Crippen molar-refractivity contribution >= 4 is 10.9 Å². The van der Waals surface area contributed by atoms with Gasteiger partial charge >= 0.3 is 5.69 Å². The van der Waals surface area contributed by atoms with Gasteiger partial charge < -0.3 is 4.98 Å². The Morgan fingerprint density at radius 3 is 2.33 bits per heavy atom. The van der Waals surface area contributed by atoms with E-state index in [4.69, 9.17) is 0 Å². The zero-order valence-corrected chi connectivity index (χ0v) is 11.2. The lowest BCUT2D eigenvalue weighted by Gasteiger charge is -2.11. The molecule has 0 bridgehead atoms. The molecule has 0 aliphatic heterocycles. The van der Waals surface area contributed by atoms with Crippen LogP contribution in [0.4, 0.5) is 0 Å². The van der Waals surface area contributed by atoms with Crippen molar-refractivity contribution in [2.45, 2.75) is 39.7 Å². The molecule has 1 N–H and O–H groups in total. The highest BCUT2D eigenvalue weighted by atomic mass is 16.2. The van der Waals surface area contributed by atoms with Gasteiger partial charge in [0, 0.05) is 6.04 Å². The maximum atomic E-state index is 12.3. The molecular weight excluding hydrogens is 228 g/mol. The molecule has 0 amide bonds. The summed E-state index contributed by atoms with van der Waals surface area (Å²) in [6.45, 7) is 7.81. The molecule has 18 heavy (non-hydrogen) atoms. The van der Waals surface area contributed by atoms with Crippen molar-refractivity contribution in [2.75, 3.05) is 0 Å². The molecule has 0 aliphatic carbocycles. The lowest BCUT2D eigenvalue weighted by Crippen LogP contribution is -2.36. The molecule has 1 heterocycles. The van der Waals surface area contributed by atoms with E-state index in [9.17, 15) is 9.59 Å². The monoisotopic (exact) mass is 246 g/mol. The van der Waals surface area contributed by atoms with E-state index in [1.54, 1.807) is 6.07 Å². The van der Waals surface area contributed by atoms with Crippen LogP contribution in [0.25, 0.3) is 10.9 Å². The first kappa shape index (κ1) is 12.6. The molecule has 0 spiro atoms. The molecule has 2 rings (SSSR count). The van der Waals surface area contributed by atoms with Gasteiger partial charge in [0.05, 0.1) is 10.9 Å². The number of fused-ring (bicyclic) bond motifs is 1. The van der Waals surface area contributed by atoms with Gasteiger partial charge in [0.1, 0.15) is 0 Å². The van der Waals surface area contributed by atoms with E-state index in [0.29, 0.717) is 16.8 Å². The Morgan fingerprint density at radius 1 is 1.11 bits per heavy atom. The Labute approximate surface area is 105 Å². The summed E-state index contributed by atoms with van der Waals surface area (Å²) in [5.41, 5.74) is 1.14. The van der Waals surface area contributed by atoms with Crippen molar-refractivity contribution in [2.24, 2.45) is 0 Å². The highest BCUT2D eigenvalue weighted by Crippen LogP contribution is 2.17. The Balaban J connectivity index is 2.86. The Hall–Kier alpha value is -1.84. The molecule has 0 saturated heterocycles. The average molecular weight is 246 g/mol. The molecule has 0 unspecified atom stereocenters. The molecule has 1 aromatic carbocycles. The normalized spacial score (nSPS) is 11.7. The lowest BCUT2D eigenvalue weighted by molar-refractivity contribution is 0.552. The lowest BCUT2D eigenvalue weighted by atomic mass is 10.0. The topological polar surface area (TPSA) is 54.9 Å². The maximum Gasteiger partial charge on any atom is 0.329 e. The van der Waals surface area contributed by atoms with E-state index >= 15 is 0 Å². The van der Waals surface area contributed by atoms with Crippen LogP contribution in [0.1, 0.15) is 45.2 Å². The minimum Gasteiger partial charge on any atom is -0.307 e. The number of hydrogen-bond donors (Lipinski definition) is 1. The molecular formula is C14H18N2O2. The van der Waals surface area contributed by atoms with Crippen LogP contribution < -0.4 is 11.2 Å². The first-order valence-electron chi connectivity index (χ1n) is 6.20. The summed E-state index contributed by atoms with van der Waals surface area (Å²) in [7, 11) is 0. The second-order valence-corrected chi connectivity index (χ2v) is 5.16. The second-order valence-electron chi connectivity index (χ2n) is 5.16. The average Bonchev–Trinajstić information content (AvgIpc) is 2.27. The highest BCUT2D eigenvalue weighted by molar-refractivity contribution is 5.78. The Morgan fingerprint density at radius 2 is 1.78 bits per heavy atom. The van der Waals surface area contributed by atoms with Crippen LogP contribution in [0.15, 0.2) is 27.8 Å². The molecule has 4 nitrogen and oxygen atoms in total. The first-order chi connectivity index (χ1) is 8.41. The quantitative estimate of drug-likeness (QED) is 0.884. The molecule has 1 aromatic heterocycles. The third-order valence-electron chi connectivity index (χ3n) is 3.14. The van der Waals surface area contributed by atoms with Gasteiger partial charge in [0.25, 0.3) is 5.56 Å². The van der Waals surface area contributed by atoms with Gasteiger partial charge in [-0.05, 0) is 37.5 Å². The van der Waals surface area contributed by atoms with Crippen molar-refractivity contribution < 1.29 is 0 Å². The first-order valence-corrected chi connectivity index (χ1v) is 6.20.